The highest BCUT2D eigenvalue weighted by molar-refractivity contribution is 5.84. The van der Waals surface area contributed by atoms with E-state index in [2.05, 4.69) is 19.9 Å². The Morgan fingerprint density at radius 1 is 1.05 bits per heavy atom. The number of alkyl halides is 3. The number of rotatable bonds is 7. The number of aryl methyl sites for hydroxylation is 2. The van der Waals surface area contributed by atoms with Crippen molar-refractivity contribution in [1.82, 2.24) is 34.5 Å². The van der Waals surface area contributed by atoms with Gasteiger partial charge in [-0.3, -0.25) is 0 Å². The van der Waals surface area contributed by atoms with Gasteiger partial charge in [0.15, 0.2) is 11.5 Å². The van der Waals surface area contributed by atoms with Crippen LogP contribution in [-0.2, 0) is 19.8 Å². The van der Waals surface area contributed by atoms with Gasteiger partial charge in [-0.2, -0.15) is 18.2 Å². The van der Waals surface area contributed by atoms with E-state index in [9.17, 15) is 13.2 Å². The molecule has 5 aromatic rings. The van der Waals surface area contributed by atoms with E-state index in [4.69, 9.17) is 19.4 Å². The molecule has 0 amide bonds. The molecule has 1 aliphatic rings. The number of nitrogens with one attached hydrogen (secondary N) is 1. The summed E-state index contributed by atoms with van der Waals surface area (Å²) in [6.07, 6.45) is 0.0313. The van der Waals surface area contributed by atoms with E-state index in [-0.39, 0.29) is 12.4 Å². The van der Waals surface area contributed by atoms with E-state index in [1.54, 1.807) is 31.4 Å². The highest BCUT2D eigenvalue weighted by atomic mass is 19.4. The molecule has 9 nitrogen and oxygen atoms in total. The highest BCUT2D eigenvalue weighted by Crippen LogP contribution is 2.45. The number of imidazole rings is 1. The average molecular weight is 536 g/mol. The maximum absolute atomic E-state index is 13.1. The first-order valence-electron chi connectivity index (χ1n) is 12.3. The van der Waals surface area contributed by atoms with Crippen molar-refractivity contribution in [3.63, 3.8) is 0 Å². The second kappa shape index (κ2) is 9.37. The van der Waals surface area contributed by atoms with Crippen LogP contribution < -0.4 is 9.47 Å². The number of hydrogen-bond acceptors (Lipinski definition) is 7. The van der Waals surface area contributed by atoms with Crippen molar-refractivity contribution in [2.75, 3.05) is 7.11 Å². The highest BCUT2D eigenvalue weighted by Gasteiger charge is 2.35. The molecule has 1 aliphatic carbocycles. The van der Waals surface area contributed by atoms with E-state index in [1.807, 2.05) is 13.0 Å². The van der Waals surface area contributed by atoms with Crippen LogP contribution in [0.1, 0.15) is 41.4 Å². The molecule has 39 heavy (non-hydrogen) atoms. The van der Waals surface area contributed by atoms with Crippen molar-refractivity contribution in [2.24, 2.45) is 7.05 Å². The molecular formula is C27H24F3N7O2. The van der Waals surface area contributed by atoms with Crippen LogP contribution in [0, 0.1) is 6.92 Å². The van der Waals surface area contributed by atoms with Gasteiger partial charge < -0.3 is 19.0 Å². The molecule has 12 heteroatoms. The van der Waals surface area contributed by atoms with Gasteiger partial charge in [-0.15, -0.1) is 0 Å². The third kappa shape index (κ3) is 4.77. The maximum Gasteiger partial charge on any atom is 0.434 e. The number of aromatic nitrogens is 7. The summed E-state index contributed by atoms with van der Waals surface area (Å²) in [5.41, 5.74) is 3.47. The van der Waals surface area contributed by atoms with Crippen LogP contribution >= 0.6 is 0 Å². The summed E-state index contributed by atoms with van der Waals surface area (Å²) in [4.78, 5) is 25.3. The van der Waals surface area contributed by atoms with Gasteiger partial charge in [0.05, 0.1) is 18.2 Å². The van der Waals surface area contributed by atoms with E-state index in [1.165, 1.54) is 17.9 Å². The molecule has 0 aliphatic heterocycles. The Morgan fingerprint density at radius 2 is 1.82 bits per heavy atom. The first-order valence-corrected chi connectivity index (χ1v) is 12.3. The fourth-order valence-electron chi connectivity index (χ4n) is 4.52. The minimum absolute atomic E-state index is 0.183. The van der Waals surface area contributed by atoms with Crippen LogP contribution in [0.4, 0.5) is 13.2 Å². The van der Waals surface area contributed by atoms with Gasteiger partial charge in [0.1, 0.15) is 30.0 Å². The molecule has 0 saturated heterocycles. The fourth-order valence-corrected chi connectivity index (χ4v) is 4.52. The number of H-pyrrole nitrogens is 1. The SMILES string of the molecule is COc1ncnc(C2CC2)c1-c1nc(OCc2ccc(-c3nc(C(F)(F)F)cn3C)cc2)c2cc(C)[nH]c2n1. The van der Waals surface area contributed by atoms with Crippen LogP contribution in [0.2, 0.25) is 0 Å². The number of fused-ring (bicyclic) bond motifs is 1. The Kier molecular flexibility index (Phi) is 5.96. The van der Waals surface area contributed by atoms with E-state index >= 15 is 0 Å². The number of ether oxygens (including phenoxy) is 2. The normalized spacial score (nSPS) is 13.7. The maximum atomic E-state index is 13.1. The van der Waals surface area contributed by atoms with Crippen molar-refractivity contribution >= 4 is 11.0 Å². The van der Waals surface area contributed by atoms with Gasteiger partial charge in [-0.25, -0.2) is 19.9 Å². The molecule has 4 aromatic heterocycles. The van der Waals surface area contributed by atoms with Crippen LogP contribution in [0.5, 0.6) is 11.8 Å². The Labute approximate surface area is 221 Å². The lowest BCUT2D eigenvalue weighted by Crippen LogP contribution is -2.05. The second-order valence-electron chi connectivity index (χ2n) is 9.53. The molecule has 0 spiro atoms. The van der Waals surface area contributed by atoms with Gasteiger partial charge in [-0.1, -0.05) is 24.3 Å². The third-order valence-electron chi connectivity index (χ3n) is 6.56. The lowest BCUT2D eigenvalue weighted by Gasteiger charge is -2.13. The zero-order valence-electron chi connectivity index (χ0n) is 21.4. The van der Waals surface area contributed by atoms with E-state index < -0.39 is 11.9 Å². The number of methoxy groups -OCH3 is 1. The molecular weight excluding hydrogens is 511 g/mol. The van der Waals surface area contributed by atoms with Crippen molar-refractivity contribution < 1.29 is 22.6 Å². The number of nitrogens with zero attached hydrogens (tertiary/aromatic N) is 6. The first kappa shape index (κ1) is 24.8. The van der Waals surface area contributed by atoms with Crippen LogP contribution in [0.25, 0.3) is 33.8 Å². The second-order valence-corrected chi connectivity index (χ2v) is 9.53. The molecule has 1 fully saturated rings. The van der Waals surface area contributed by atoms with E-state index in [0.29, 0.717) is 40.3 Å². The summed E-state index contributed by atoms with van der Waals surface area (Å²) < 4.78 is 52.2. The summed E-state index contributed by atoms with van der Waals surface area (Å²) in [7, 11) is 3.09. The van der Waals surface area contributed by atoms with Crippen molar-refractivity contribution in [2.45, 2.75) is 38.5 Å². The molecule has 1 N–H and O–H groups in total. The summed E-state index contributed by atoms with van der Waals surface area (Å²) in [6, 6.07) is 8.93. The zero-order chi connectivity index (χ0) is 27.3. The molecule has 0 bridgehead atoms. The third-order valence-corrected chi connectivity index (χ3v) is 6.56. The van der Waals surface area contributed by atoms with Crippen molar-refractivity contribution in [3.8, 4) is 34.5 Å². The minimum atomic E-state index is -4.50. The summed E-state index contributed by atoms with van der Waals surface area (Å²) >= 11 is 0. The molecule has 0 atom stereocenters. The molecule has 0 radical (unpaired) electrons. The zero-order valence-corrected chi connectivity index (χ0v) is 21.4. The number of aromatic amines is 1. The molecule has 1 aromatic carbocycles. The Hall–Kier alpha value is -4.48. The predicted molar refractivity (Wildman–Crippen MR) is 136 cm³/mol. The molecule has 4 heterocycles. The Balaban J connectivity index is 1.30. The first-order chi connectivity index (χ1) is 18.7. The van der Waals surface area contributed by atoms with E-state index in [0.717, 1.165) is 41.4 Å². The largest absolute Gasteiger partial charge is 0.480 e. The van der Waals surface area contributed by atoms with Gasteiger partial charge in [0.2, 0.25) is 11.8 Å². The summed E-state index contributed by atoms with van der Waals surface area (Å²) in [5, 5.41) is 0.726. The van der Waals surface area contributed by atoms with Gasteiger partial charge >= 0.3 is 6.18 Å². The standard InChI is InChI=1S/C27H24F3N7O2/c1-14-10-18-22(33-14)35-23(20-21(16-8-9-16)31-13-32-26(20)38-3)36-25(18)39-12-15-4-6-17(7-5-15)24-34-19(11-37(24)2)27(28,29)30/h4-7,10-11,13,16H,8-9,12H2,1-3H3,(H,33,35,36). The lowest BCUT2D eigenvalue weighted by molar-refractivity contribution is -0.140. The quantitative estimate of drug-likeness (QED) is 0.289. The number of halogens is 3. The van der Waals surface area contributed by atoms with Gasteiger partial charge in [0.25, 0.3) is 0 Å². The molecule has 6 rings (SSSR count). The van der Waals surface area contributed by atoms with Crippen molar-refractivity contribution in [3.05, 3.63) is 65.5 Å². The average Bonchev–Trinajstić information content (AvgIpc) is 3.58. The van der Waals surface area contributed by atoms with Crippen LogP contribution in [0.3, 0.4) is 0 Å². The monoisotopic (exact) mass is 535 g/mol. The summed E-state index contributed by atoms with van der Waals surface area (Å²) in [6.45, 7) is 2.11. The van der Waals surface area contributed by atoms with Gasteiger partial charge in [-0.05, 0) is 31.4 Å². The molecule has 200 valence electrons. The predicted octanol–water partition coefficient (Wildman–Crippen LogP) is 5.61. The van der Waals surface area contributed by atoms with Crippen LogP contribution in [-0.4, -0.2) is 41.6 Å². The summed E-state index contributed by atoms with van der Waals surface area (Å²) in [5.74, 6) is 1.74. The Morgan fingerprint density at radius 3 is 2.49 bits per heavy atom. The fraction of sp³-hybridized carbons (Fsp3) is 0.296. The number of benzene rings is 1. The molecule has 1 saturated carbocycles. The molecule has 0 unspecified atom stereocenters. The minimum Gasteiger partial charge on any atom is -0.480 e. The van der Waals surface area contributed by atoms with Gasteiger partial charge in [0, 0.05) is 30.4 Å². The van der Waals surface area contributed by atoms with Crippen molar-refractivity contribution in [1.29, 1.82) is 0 Å². The lowest BCUT2D eigenvalue weighted by atomic mass is 10.1. The van der Waals surface area contributed by atoms with Crippen LogP contribution in [0.15, 0.2) is 42.9 Å². The smallest absolute Gasteiger partial charge is 0.434 e. The Bertz CT molecular complexity index is 1670. The number of hydrogen-bond donors (Lipinski definition) is 1. The topological polar surface area (TPSA) is 104 Å².